The Kier molecular flexibility index (Phi) is 5.43. The molecule has 142 valence electrons. The number of benzene rings is 1. The van der Waals surface area contributed by atoms with Crippen molar-refractivity contribution in [2.45, 2.75) is 24.9 Å². The molecule has 0 bridgehead atoms. The number of fused-ring (bicyclic) bond motifs is 1. The molecule has 0 amide bonds. The molecule has 2 aromatic heterocycles. The number of carbonyl (C=O) groups excluding carboxylic acids is 1. The number of hydrogen-bond donors (Lipinski definition) is 1. The summed E-state index contributed by atoms with van der Waals surface area (Å²) in [5, 5.41) is 0.579. The quantitative estimate of drug-likeness (QED) is 0.470. The molecular weight excluding hydrogens is 395 g/mol. The predicted octanol–water partition coefficient (Wildman–Crippen LogP) is 5.08. The van der Waals surface area contributed by atoms with Crippen LogP contribution in [0.25, 0.3) is 10.3 Å². The van der Waals surface area contributed by atoms with Crippen LogP contribution in [0.1, 0.15) is 35.5 Å². The number of alkyl halides is 3. The van der Waals surface area contributed by atoms with Crippen molar-refractivity contribution < 1.29 is 18.0 Å². The van der Waals surface area contributed by atoms with E-state index >= 15 is 0 Å². The molecule has 0 aliphatic carbocycles. The minimum Gasteiger partial charge on any atom is -0.349 e. The number of thiazole rings is 1. The number of halogens is 3. The number of rotatable bonds is 5. The van der Waals surface area contributed by atoms with Crippen LogP contribution >= 0.6 is 24.0 Å². The molecule has 4 nitrogen and oxygen atoms in total. The van der Waals surface area contributed by atoms with E-state index in [1.807, 2.05) is 18.7 Å². The first-order chi connectivity index (χ1) is 12.8. The van der Waals surface area contributed by atoms with E-state index in [9.17, 15) is 18.0 Å². The van der Waals surface area contributed by atoms with Crippen LogP contribution in [0.3, 0.4) is 0 Å². The molecule has 0 N–H and O–H groups in total. The van der Waals surface area contributed by atoms with Gasteiger partial charge in [0.25, 0.3) is 0 Å². The van der Waals surface area contributed by atoms with E-state index in [1.165, 1.54) is 23.5 Å². The van der Waals surface area contributed by atoms with Gasteiger partial charge in [-0.3, -0.25) is 4.79 Å². The normalized spacial score (nSPS) is 11.8. The fourth-order valence-corrected chi connectivity index (χ4v) is 4.02. The lowest BCUT2D eigenvalue weighted by Crippen LogP contribution is -2.21. The van der Waals surface area contributed by atoms with Crippen LogP contribution in [0.4, 0.5) is 18.3 Å². The summed E-state index contributed by atoms with van der Waals surface area (Å²) in [6, 6.07) is 7.48. The summed E-state index contributed by atoms with van der Waals surface area (Å²) in [7, 11) is 0. The zero-order chi connectivity index (χ0) is 19.8. The molecule has 0 saturated heterocycles. The third kappa shape index (κ3) is 3.79. The molecule has 9 heteroatoms. The van der Waals surface area contributed by atoms with Gasteiger partial charge in [-0.05, 0) is 32.0 Å². The highest BCUT2D eigenvalue weighted by Gasteiger charge is 2.38. The molecule has 0 aliphatic rings. The van der Waals surface area contributed by atoms with E-state index in [4.69, 9.17) is 0 Å². The van der Waals surface area contributed by atoms with Gasteiger partial charge in [0.05, 0.1) is 10.3 Å². The van der Waals surface area contributed by atoms with E-state index in [1.54, 1.807) is 18.2 Å². The van der Waals surface area contributed by atoms with Crippen LogP contribution in [0.2, 0.25) is 0 Å². The lowest BCUT2D eigenvalue weighted by Gasteiger charge is -2.16. The lowest BCUT2D eigenvalue weighted by atomic mass is 10.0. The molecule has 3 rings (SSSR count). The maximum absolute atomic E-state index is 13.6. The van der Waals surface area contributed by atoms with E-state index in [2.05, 4.69) is 22.6 Å². The molecule has 1 aromatic carbocycles. The van der Waals surface area contributed by atoms with Crippen LogP contribution in [-0.4, -0.2) is 28.8 Å². The maximum atomic E-state index is 13.6. The molecule has 0 radical (unpaired) electrons. The highest BCUT2D eigenvalue weighted by atomic mass is 32.1. The van der Waals surface area contributed by atoms with Crippen LogP contribution in [0.5, 0.6) is 0 Å². The van der Waals surface area contributed by atoms with Gasteiger partial charge in [-0.2, -0.15) is 18.2 Å². The smallest absolute Gasteiger partial charge is 0.349 e. The Bertz CT molecular complexity index is 997. The van der Waals surface area contributed by atoms with Crippen LogP contribution in [0.15, 0.2) is 35.2 Å². The maximum Gasteiger partial charge on any atom is 0.434 e. The fourth-order valence-electron chi connectivity index (χ4n) is 2.68. The summed E-state index contributed by atoms with van der Waals surface area (Å²) in [6.07, 6.45) is -4.77. The van der Waals surface area contributed by atoms with Gasteiger partial charge >= 0.3 is 6.18 Å². The minimum absolute atomic E-state index is 0.00932. The average molecular weight is 411 g/mol. The van der Waals surface area contributed by atoms with Gasteiger partial charge in [0, 0.05) is 23.5 Å². The Hall–Kier alpha value is -2.13. The summed E-state index contributed by atoms with van der Waals surface area (Å²) in [6.45, 7) is 5.20. The zero-order valence-electron chi connectivity index (χ0n) is 14.5. The number of aromatic nitrogens is 2. The molecule has 2 heterocycles. The summed E-state index contributed by atoms with van der Waals surface area (Å²) >= 11 is 5.40. The Morgan fingerprint density at radius 3 is 2.41 bits per heavy atom. The standard InChI is InChI=1S/C18H16F3N3OS2/c1-3-24(4-2)17-23-16-13(27-17)9-11(15(22-16)18(19,20)21)14(25)10-7-5-6-8-12(10)26/h5-9,26H,3-4H2,1-2H3. The van der Waals surface area contributed by atoms with E-state index in [0.29, 0.717) is 27.8 Å². The Balaban J connectivity index is 2.21. The molecule has 0 unspecified atom stereocenters. The van der Waals surface area contributed by atoms with Gasteiger partial charge in [-0.25, -0.2) is 4.98 Å². The largest absolute Gasteiger partial charge is 0.434 e. The average Bonchev–Trinajstić information content (AvgIpc) is 3.03. The number of nitrogens with zero attached hydrogens (tertiary/aromatic N) is 3. The number of carbonyl (C=O) groups is 1. The molecule has 0 fully saturated rings. The Morgan fingerprint density at radius 2 is 1.81 bits per heavy atom. The molecule has 0 saturated carbocycles. The lowest BCUT2D eigenvalue weighted by molar-refractivity contribution is -0.141. The van der Waals surface area contributed by atoms with Gasteiger partial charge in [0.1, 0.15) is 0 Å². The van der Waals surface area contributed by atoms with Gasteiger partial charge in [-0.15, -0.1) is 12.6 Å². The molecule has 0 aliphatic heterocycles. The highest BCUT2D eigenvalue weighted by molar-refractivity contribution is 7.80. The van der Waals surface area contributed by atoms with Crippen LogP contribution in [-0.2, 0) is 6.18 Å². The molecular formula is C18H16F3N3OS2. The van der Waals surface area contributed by atoms with Gasteiger partial charge in [-0.1, -0.05) is 23.5 Å². The second-order valence-corrected chi connectivity index (χ2v) is 7.21. The number of thiol groups is 1. The van der Waals surface area contributed by atoms with Crippen molar-refractivity contribution in [1.82, 2.24) is 9.97 Å². The molecule has 0 atom stereocenters. The van der Waals surface area contributed by atoms with Gasteiger partial charge < -0.3 is 4.90 Å². The highest BCUT2D eigenvalue weighted by Crippen LogP contribution is 2.36. The van der Waals surface area contributed by atoms with E-state index in [0.717, 1.165) is 0 Å². The van der Waals surface area contributed by atoms with E-state index in [-0.39, 0.29) is 11.2 Å². The summed E-state index contributed by atoms with van der Waals surface area (Å²) in [4.78, 5) is 23.0. The van der Waals surface area contributed by atoms with Gasteiger partial charge in [0.15, 0.2) is 22.3 Å². The number of hydrogen-bond acceptors (Lipinski definition) is 6. The molecule has 3 aromatic rings. The summed E-state index contributed by atoms with van der Waals surface area (Å²) in [5.41, 5.74) is -1.63. The van der Waals surface area contributed by atoms with Crippen LogP contribution < -0.4 is 4.90 Å². The van der Waals surface area contributed by atoms with Crippen molar-refractivity contribution in [2.75, 3.05) is 18.0 Å². The van der Waals surface area contributed by atoms with Gasteiger partial charge in [0.2, 0.25) is 0 Å². The van der Waals surface area contributed by atoms with E-state index < -0.39 is 23.2 Å². The first-order valence-electron chi connectivity index (χ1n) is 8.22. The predicted molar refractivity (Wildman–Crippen MR) is 103 cm³/mol. The SMILES string of the molecule is CCN(CC)c1nc2nc(C(F)(F)F)c(C(=O)c3ccccc3S)cc2s1. The van der Waals surface area contributed by atoms with Crippen molar-refractivity contribution in [3.8, 4) is 0 Å². The Morgan fingerprint density at radius 1 is 1.15 bits per heavy atom. The second kappa shape index (κ2) is 7.47. The summed E-state index contributed by atoms with van der Waals surface area (Å²) in [5.74, 6) is -0.764. The third-order valence-electron chi connectivity index (χ3n) is 4.07. The molecule has 27 heavy (non-hydrogen) atoms. The minimum atomic E-state index is -4.77. The van der Waals surface area contributed by atoms with Crippen LogP contribution in [0, 0.1) is 0 Å². The number of pyridine rings is 1. The topological polar surface area (TPSA) is 46.1 Å². The van der Waals surface area contributed by atoms with Crippen molar-refractivity contribution in [3.05, 3.63) is 47.2 Å². The van der Waals surface area contributed by atoms with Crippen molar-refractivity contribution in [3.63, 3.8) is 0 Å². The first-order valence-corrected chi connectivity index (χ1v) is 9.49. The number of anilines is 1. The molecule has 0 spiro atoms. The monoisotopic (exact) mass is 411 g/mol. The second-order valence-electron chi connectivity index (χ2n) is 5.72. The fraction of sp³-hybridized carbons (Fsp3) is 0.278. The number of ketones is 1. The van der Waals surface area contributed by atoms with Crippen molar-refractivity contribution in [1.29, 1.82) is 0 Å². The first kappa shape index (κ1) is 19.6. The Labute approximate surface area is 163 Å². The zero-order valence-corrected chi connectivity index (χ0v) is 16.3. The summed E-state index contributed by atoms with van der Waals surface area (Å²) < 4.78 is 41.2. The third-order valence-corrected chi connectivity index (χ3v) is 5.51. The van der Waals surface area contributed by atoms with Crippen molar-refractivity contribution in [2.24, 2.45) is 0 Å². The van der Waals surface area contributed by atoms with Crippen molar-refractivity contribution >= 4 is 45.2 Å².